The Morgan fingerprint density at radius 3 is 2.29 bits per heavy atom. The molecule has 2 aliphatic rings. The number of rotatable bonds is 8. The lowest BCUT2D eigenvalue weighted by Gasteiger charge is -2.31. The van der Waals surface area contributed by atoms with Gasteiger partial charge in [0.1, 0.15) is 0 Å². The van der Waals surface area contributed by atoms with Crippen molar-refractivity contribution in [2.24, 2.45) is 5.92 Å². The van der Waals surface area contributed by atoms with Gasteiger partial charge in [0, 0.05) is 42.1 Å². The maximum atomic E-state index is 12.9. The Labute approximate surface area is 218 Å². The van der Waals surface area contributed by atoms with Gasteiger partial charge >= 0.3 is 0 Å². The van der Waals surface area contributed by atoms with Crippen LogP contribution in [0, 0.1) is 5.92 Å². The minimum absolute atomic E-state index is 0.00410. The van der Waals surface area contributed by atoms with E-state index >= 15 is 0 Å². The second-order valence-electron chi connectivity index (χ2n) is 9.49. The lowest BCUT2D eigenvalue weighted by molar-refractivity contribution is -0.126. The molecule has 6 nitrogen and oxygen atoms in total. The molecule has 4 rings (SSSR count). The van der Waals surface area contributed by atoms with Gasteiger partial charge in [-0.05, 0) is 67.6 Å². The molecule has 0 spiro atoms. The Kier molecular flexibility index (Phi) is 9.11. The highest BCUT2D eigenvalue weighted by atomic mass is 35.5. The maximum absolute atomic E-state index is 12.9. The minimum atomic E-state index is -3.53. The number of nitrogens with zero attached hydrogens (tertiary/aromatic N) is 2. The van der Waals surface area contributed by atoms with Crippen LogP contribution in [0.15, 0.2) is 42.5 Å². The summed E-state index contributed by atoms with van der Waals surface area (Å²) in [6.45, 7) is 4.34. The normalized spacial score (nSPS) is 18.5. The van der Waals surface area contributed by atoms with Crippen molar-refractivity contribution in [2.75, 3.05) is 26.2 Å². The molecule has 2 aliphatic heterocycles. The van der Waals surface area contributed by atoms with Crippen molar-refractivity contribution in [3.05, 3.63) is 69.2 Å². The van der Waals surface area contributed by atoms with Gasteiger partial charge in [-0.2, -0.15) is 0 Å². The van der Waals surface area contributed by atoms with E-state index in [4.69, 9.17) is 23.2 Å². The number of piperidine rings is 2. The molecule has 1 N–H and O–H groups in total. The van der Waals surface area contributed by atoms with Gasteiger partial charge in [0.2, 0.25) is 15.9 Å². The highest BCUT2D eigenvalue weighted by molar-refractivity contribution is 7.88. The van der Waals surface area contributed by atoms with Crippen LogP contribution >= 0.6 is 23.2 Å². The van der Waals surface area contributed by atoms with Gasteiger partial charge in [-0.3, -0.25) is 9.69 Å². The van der Waals surface area contributed by atoms with Crippen LogP contribution < -0.4 is 5.32 Å². The number of hydrogen-bond donors (Lipinski definition) is 1. The predicted octanol–water partition coefficient (Wildman–Crippen LogP) is 4.84. The van der Waals surface area contributed by atoms with Gasteiger partial charge in [0.15, 0.2) is 0 Å². The fourth-order valence-electron chi connectivity index (χ4n) is 4.89. The van der Waals surface area contributed by atoms with Gasteiger partial charge in [-0.1, -0.05) is 60.0 Å². The summed E-state index contributed by atoms with van der Waals surface area (Å²) in [5.41, 5.74) is 2.93. The van der Waals surface area contributed by atoms with Crippen LogP contribution in [0.2, 0.25) is 10.0 Å². The monoisotopic (exact) mass is 537 g/mol. The molecule has 2 saturated heterocycles. The molecule has 190 valence electrons. The number of sulfonamides is 1. The van der Waals surface area contributed by atoms with E-state index in [1.54, 1.807) is 18.2 Å². The second-order valence-corrected chi connectivity index (χ2v) is 12.3. The fraction of sp³-hybridized carbons (Fsp3) is 0.500. The Morgan fingerprint density at radius 2 is 1.60 bits per heavy atom. The van der Waals surface area contributed by atoms with Gasteiger partial charge in [0.05, 0.1) is 5.75 Å². The van der Waals surface area contributed by atoms with E-state index < -0.39 is 10.0 Å². The second kappa shape index (κ2) is 12.1. The summed E-state index contributed by atoms with van der Waals surface area (Å²) in [6.07, 6.45) is 4.83. The molecule has 0 aliphatic carbocycles. The summed E-state index contributed by atoms with van der Waals surface area (Å²) in [5.74, 6) is -0.362. The van der Waals surface area contributed by atoms with Crippen molar-refractivity contribution in [1.82, 2.24) is 14.5 Å². The van der Waals surface area contributed by atoms with Crippen LogP contribution in [-0.4, -0.2) is 49.7 Å². The molecule has 0 saturated carbocycles. The zero-order valence-electron chi connectivity index (χ0n) is 19.9. The number of carbonyl (C=O) groups excluding carboxylic acids is 1. The van der Waals surface area contributed by atoms with Crippen molar-refractivity contribution < 1.29 is 13.2 Å². The molecular weight excluding hydrogens is 505 g/mol. The highest BCUT2D eigenvalue weighted by Crippen LogP contribution is 2.26. The summed E-state index contributed by atoms with van der Waals surface area (Å²) in [7, 11) is -3.53. The number of nitrogens with one attached hydrogen (secondary N) is 1. The molecule has 0 aromatic heterocycles. The van der Waals surface area contributed by atoms with Gasteiger partial charge in [-0.15, -0.1) is 0 Å². The summed E-state index contributed by atoms with van der Waals surface area (Å²) in [6, 6.07) is 13.1. The van der Waals surface area contributed by atoms with E-state index in [0.717, 1.165) is 25.2 Å². The molecule has 2 aromatic carbocycles. The van der Waals surface area contributed by atoms with Gasteiger partial charge in [0.25, 0.3) is 0 Å². The third-order valence-corrected chi connectivity index (χ3v) is 9.40. The van der Waals surface area contributed by atoms with E-state index in [9.17, 15) is 13.2 Å². The summed E-state index contributed by atoms with van der Waals surface area (Å²) in [5, 5.41) is 3.91. The highest BCUT2D eigenvalue weighted by Gasteiger charge is 2.31. The first-order valence-corrected chi connectivity index (χ1v) is 14.7. The van der Waals surface area contributed by atoms with Gasteiger partial charge in [-0.25, -0.2) is 12.7 Å². The lowest BCUT2D eigenvalue weighted by atomic mass is 9.97. The van der Waals surface area contributed by atoms with Crippen molar-refractivity contribution in [1.29, 1.82) is 0 Å². The van der Waals surface area contributed by atoms with Crippen molar-refractivity contribution in [2.45, 2.75) is 50.9 Å². The number of likely N-dealkylation sites (tertiary alicyclic amines) is 1. The van der Waals surface area contributed by atoms with Crippen molar-refractivity contribution in [3.8, 4) is 0 Å². The van der Waals surface area contributed by atoms with Crippen LogP contribution in [0.1, 0.15) is 48.8 Å². The summed E-state index contributed by atoms with van der Waals surface area (Å²) in [4.78, 5) is 15.4. The Hall–Kier alpha value is -1.64. The van der Waals surface area contributed by atoms with Crippen LogP contribution in [0.3, 0.4) is 0 Å². The van der Waals surface area contributed by atoms with Crippen molar-refractivity contribution >= 4 is 39.1 Å². The molecule has 0 atom stereocenters. The van der Waals surface area contributed by atoms with E-state index in [1.807, 2.05) is 6.07 Å². The molecular formula is C26H33Cl2N3O3S. The zero-order valence-corrected chi connectivity index (χ0v) is 22.2. The first kappa shape index (κ1) is 26.4. The van der Waals surface area contributed by atoms with Crippen LogP contribution in [0.25, 0.3) is 0 Å². The topological polar surface area (TPSA) is 69.7 Å². The first-order chi connectivity index (χ1) is 16.8. The number of carbonyl (C=O) groups is 1. The largest absolute Gasteiger partial charge is 0.352 e. The summed E-state index contributed by atoms with van der Waals surface area (Å²) < 4.78 is 27.3. The fourth-order valence-corrected chi connectivity index (χ4v) is 7.04. The third kappa shape index (κ3) is 7.20. The molecule has 9 heteroatoms. The number of hydrogen-bond acceptors (Lipinski definition) is 4. The Balaban J connectivity index is 1.28. The third-order valence-electron chi connectivity index (χ3n) is 6.99. The lowest BCUT2D eigenvalue weighted by Crippen LogP contribution is -2.43. The average molecular weight is 539 g/mol. The van der Waals surface area contributed by atoms with E-state index in [-0.39, 0.29) is 17.6 Å². The number of benzene rings is 2. The van der Waals surface area contributed by atoms with Crippen LogP contribution in [-0.2, 0) is 33.7 Å². The molecule has 35 heavy (non-hydrogen) atoms. The van der Waals surface area contributed by atoms with Crippen LogP contribution in [0.4, 0.5) is 0 Å². The van der Waals surface area contributed by atoms with Gasteiger partial charge < -0.3 is 5.32 Å². The maximum Gasteiger partial charge on any atom is 0.223 e. The molecule has 0 unspecified atom stereocenters. The first-order valence-electron chi connectivity index (χ1n) is 12.3. The Bertz CT molecular complexity index is 1130. The molecule has 1 amide bonds. The molecule has 2 heterocycles. The molecule has 2 aromatic rings. The Morgan fingerprint density at radius 1 is 0.914 bits per heavy atom. The van der Waals surface area contributed by atoms with E-state index in [2.05, 4.69) is 28.4 Å². The van der Waals surface area contributed by atoms with Crippen LogP contribution in [0.5, 0.6) is 0 Å². The number of amides is 1. The molecule has 0 radical (unpaired) electrons. The van der Waals surface area contributed by atoms with Crippen molar-refractivity contribution in [3.63, 3.8) is 0 Å². The van der Waals surface area contributed by atoms with E-state index in [0.29, 0.717) is 48.1 Å². The smallest absolute Gasteiger partial charge is 0.223 e. The summed E-state index contributed by atoms with van der Waals surface area (Å²) >= 11 is 12.1. The molecule has 2 fully saturated rings. The minimum Gasteiger partial charge on any atom is -0.352 e. The molecule has 0 bridgehead atoms. The average Bonchev–Trinajstić information content (AvgIpc) is 2.86. The number of halogens is 2. The SMILES string of the molecule is O=C(NCc1ccccc1CN1CCCCC1)C1CCN(S(=O)(=O)Cc2ccc(Cl)cc2Cl)CC1. The zero-order chi connectivity index (χ0) is 24.8. The van der Waals surface area contributed by atoms with E-state index in [1.165, 1.54) is 29.1 Å². The quantitative estimate of drug-likeness (QED) is 0.523. The standard InChI is InChI=1S/C26H33Cl2N3O3S/c27-24-9-8-23(25(28)16-24)19-35(33,34)31-14-10-20(11-15-31)26(32)29-17-21-6-2-3-7-22(21)18-30-12-4-1-5-13-30/h2-3,6-9,16,20H,1,4-5,10-15,17-19H2,(H,29,32). The predicted molar refractivity (Wildman–Crippen MR) is 141 cm³/mol.